The molecule has 0 aliphatic rings. The molecule has 1 unspecified atom stereocenters. The first-order valence-corrected chi connectivity index (χ1v) is 6.35. The van der Waals surface area contributed by atoms with Gasteiger partial charge in [0.25, 0.3) is 0 Å². The Morgan fingerprint density at radius 2 is 1.85 bits per heavy atom. The number of imidazole rings is 1. The van der Waals surface area contributed by atoms with E-state index in [0.29, 0.717) is 16.6 Å². The summed E-state index contributed by atoms with van der Waals surface area (Å²) in [6.07, 6.45) is 0. The van der Waals surface area contributed by atoms with Gasteiger partial charge in [0.05, 0.1) is 17.1 Å². The fourth-order valence-corrected chi connectivity index (χ4v) is 2.46. The number of H-pyrrole nitrogens is 2. The average molecular weight is 292 g/mol. The monoisotopic (exact) mass is 291 g/mol. The molecule has 0 aliphatic heterocycles. The molecule has 0 radical (unpaired) electrons. The summed E-state index contributed by atoms with van der Waals surface area (Å²) in [5.74, 6) is -0.406. The zero-order chi connectivity index (χ0) is 14.3. The third kappa shape index (κ3) is 2.21. The van der Waals surface area contributed by atoms with Crippen molar-refractivity contribution in [3.8, 4) is 0 Å². The number of halogens is 2. The molecule has 0 aliphatic carbocycles. The number of aromatic nitrogens is 2. The van der Waals surface area contributed by atoms with Crippen LogP contribution in [0.4, 0.5) is 4.39 Å². The molecule has 1 heterocycles. The van der Waals surface area contributed by atoms with Crippen LogP contribution in [0.5, 0.6) is 0 Å². The van der Waals surface area contributed by atoms with Crippen LogP contribution < -0.4 is 11.4 Å². The minimum Gasteiger partial charge on any atom is -0.320 e. The summed E-state index contributed by atoms with van der Waals surface area (Å²) in [4.78, 5) is 16.6. The maximum Gasteiger partial charge on any atom is 0.323 e. The first-order valence-electron chi connectivity index (χ1n) is 5.97. The van der Waals surface area contributed by atoms with Crippen LogP contribution in [-0.4, -0.2) is 9.97 Å². The van der Waals surface area contributed by atoms with E-state index in [2.05, 4.69) is 9.97 Å². The number of nitrogens with one attached hydrogen (secondary N) is 2. The lowest BCUT2D eigenvalue weighted by Gasteiger charge is -2.14. The van der Waals surface area contributed by atoms with E-state index in [1.165, 1.54) is 12.1 Å². The van der Waals surface area contributed by atoms with Gasteiger partial charge in [-0.2, -0.15) is 0 Å². The summed E-state index contributed by atoms with van der Waals surface area (Å²) in [6, 6.07) is 8.96. The van der Waals surface area contributed by atoms with E-state index in [1.807, 2.05) is 0 Å². The van der Waals surface area contributed by atoms with Crippen LogP contribution in [0.25, 0.3) is 11.0 Å². The molecule has 0 saturated heterocycles. The number of aromatic amines is 2. The molecule has 3 rings (SSSR count). The second kappa shape index (κ2) is 4.77. The Morgan fingerprint density at radius 3 is 2.60 bits per heavy atom. The molecule has 4 N–H and O–H groups in total. The first-order chi connectivity index (χ1) is 9.54. The van der Waals surface area contributed by atoms with Gasteiger partial charge < -0.3 is 15.7 Å². The van der Waals surface area contributed by atoms with Crippen molar-refractivity contribution in [3.05, 3.63) is 68.8 Å². The molecule has 0 spiro atoms. The molecular formula is C14H11ClFN3O. The normalized spacial score (nSPS) is 12.8. The summed E-state index contributed by atoms with van der Waals surface area (Å²) >= 11 is 6.01. The van der Waals surface area contributed by atoms with E-state index in [4.69, 9.17) is 17.3 Å². The van der Waals surface area contributed by atoms with Crippen LogP contribution in [0, 0.1) is 5.82 Å². The smallest absolute Gasteiger partial charge is 0.320 e. The summed E-state index contributed by atoms with van der Waals surface area (Å²) in [7, 11) is 0. The Labute approximate surface area is 118 Å². The van der Waals surface area contributed by atoms with E-state index in [9.17, 15) is 9.18 Å². The Hall–Kier alpha value is -2.11. The van der Waals surface area contributed by atoms with Crippen molar-refractivity contribution in [1.82, 2.24) is 9.97 Å². The van der Waals surface area contributed by atoms with Crippen LogP contribution in [0.1, 0.15) is 17.2 Å². The molecule has 4 nitrogen and oxygen atoms in total. The van der Waals surface area contributed by atoms with Crippen molar-refractivity contribution in [1.29, 1.82) is 0 Å². The third-order valence-electron chi connectivity index (χ3n) is 3.20. The second-order valence-electron chi connectivity index (χ2n) is 4.53. The third-order valence-corrected chi connectivity index (χ3v) is 3.52. The summed E-state index contributed by atoms with van der Waals surface area (Å²) in [5, 5.41) is 0.278. The summed E-state index contributed by atoms with van der Waals surface area (Å²) in [6.45, 7) is 0. The Kier molecular flexibility index (Phi) is 3.08. The maximum absolute atomic E-state index is 13.1. The quantitative estimate of drug-likeness (QED) is 0.679. The van der Waals surface area contributed by atoms with E-state index >= 15 is 0 Å². The lowest BCUT2D eigenvalue weighted by Crippen LogP contribution is -2.12. The largest absolute Gasteiger partial charge is 0.323 e. The highest BCUT2D eigenvalue weighted by Gasteiger charge is 2.14. The van der Waals surface area contributed by atoms with Crippen LogP contribution >= 0.6 is 11.6 Å². The fourth-order valence-electron chi connectivity index (χ4n) is 2.18. The van der Waals surface area contributed by atoms with Crippen molar-refractivity contribution >= 4 is 22.6 Å². The summed E-state index contributed by atoms with van der Waals surface area (Å²) < 4.78 is 13.1. The minimum absolute atomic E-state index is 0.273. The van der Waals surface area contributed by atoms with Gasteiger partial charge in [-0.25, -0.2) is 9.18 Å². The highest BCUT2D eigenvalue weighted by molar-refractivity contribution is 6.31. The Morgan fingerprint density at radius 1 is 1.10 bits per heavy atom. The predicted octanol–water partition coefficient (Wildman–Crippen LogP) is 2.70. The topological polar surface area (TPSA) is 74.7 Å². The summed E-state index contributed by atoms with van der Waals surface area (Å²) in [5.41, 5.74) is 8.66. The van der Waals surface area contributed by atoms with Gasteiger partial charge in [0.1, 0.15) is 5.82 Å². The second-order valence-corrected chi connectivity index (χ2v) is 4.93. The van der Waals surface area contributed by atoms with Gasteiger partial charge in [0.15, 0.2) is 0 Å². The van der Waals surface area contributed by atoms with Gasteiger partial charge >= 0.3 is 5.69 Å². The van der Waals surface area contributed by atoms with Crippen LogP contribution in [-0.2, 0) is 0 Å². The lowest BCUT2D eigenvalue weighted by atomic mass is 9.99. The van der Waals surface area contributed by atoms with Crippen LogP contribution in [0.15, 0.2) is 41.2 Å². The van der Waals surface area contributed by atoms with E-state index in [0.717, 1.165) is 5.56 Å². The van der Waals surface area contributed by atoms with Crippen molar-refractivity contribution in [3.63, 3.8) is 0 Å². The van der Waals surface area contributed by atoms with Gasteiger partial charge in [-0.3, -0.25) is 0 Å². The average Bonchev–Trinajstić information content (AvgIpc) is 2.77. The van der Waals surface area contributed by atoms with Gasteiger partial charge in [0.2, 0.25) is 0 Å². The number of rotatable bonds is 2. The molecule has 0 saturated carbocycles. The standard InChI is InChI=1S/C14H11ClFN3O/c15-10-6-8(16)2-3-9(10)13(17)7-1-4-11-12(5-7)19-14(20)18-11/h1-6,13H,17H2,(H2,18,19,20). The van der Waals surface area contributed by atoms with E-state index < -0.39 is 11.9 Å². The van der Waals surface area contributed by atoms with E-state index in [-0.39, 0.29) is 10.7 Å². The first kappa shape index (κ1) is 12.9. The number of hydrogen-bond acceptors (Lipinski definition) is 2. The molecule has 20 heavy (non-hydrogen) atoms. The predicted molar refractivity (Wildman–Crippen MR) is 76.4 cm³/mol. The molecule has 0 fully saturated rings. The number of benzene rings is 2. The maximum atomic E-state index is 13.1. The zero-order valence-electron chi connectivity index (χ0n) is 10.3. The molecule has 3 aromatic rings. The number of fused-ring (bicyclic) bond motifs is 1. The zero-order valence-corrected chi connectivity index (χ0v) is 11.0. The molecule has 1 atom stereocenters. The van der Waals surface area contributed by atoms with Gasteiger partial charge in [0, 0.05) is 5.02 Å². The number of hydrogen-bond donors (Lipinski definition) is 3. The van der Waals surface area contributed by atoms with Gasteiger partial charge in [-0.15, -0.1) is 0 Å². The van der Waals surface area contributed by atoms with Crippen LogP contribution in [0.2, 0.25) is 5.02 Å². The Balaban J connectivity index is 2.06. The molecule has 2 aromatic carbocycles. The molecule has 1 aromatic heterocycles. The number of nitrogens with two attached hydrogens (primary N) is 1. The molecule has 0 bridgehead atoms. The molecule has 0 amide bonds. The van der Waals surface area contributed by atoms with Crippen LogP contribution in [0.3, 0.4) is 0 Å². The molecular weight excluding hydrogens is 281 g/mol. The van der Waals surface area contributed by atoms with Gasteiger partial charge in [-0.05, 0) is 35.4 Å². The highest BCUT2D eigenvalue weighted by Crippen LogP contribution is 2.28. The molecule has 6 heteroatoms. The van der Waals surface area contributed by atoms with Crippen molar-refractivity contribution in [2.24, 2.45) is 5.73 Å². The van der Waals surface area contributed by atoms with Crippen molar-refractivity contribution in [2.75, 3.05) is 0 Å². The minimum atomic E-state index is -0.495. The van der Waals surface area contributed by atoms with Crippen molar-refractivity contribution in [2.45, 2.75) is 6.04 Å². The highest BCUT2D eigenvalue weighted by atomic mass is 35.5. The SMILES string of the molecule is NC(c1ccc2[nH]c(=O)[nH]c2c1)c1ccc(F)cc1Cl. The van der Waals surface area contributed by atoms with Crippen molar-refractivity contribution < 1.29 is 4.39 Å². The van der Waals surface area contributed by atoms with E-state index in [1.54, 1.807) is 24.3 Å². The Bertz CT molecular complexity index is 840. The fraction of sp³-hybridized carbons (Fsp3) is 0.0714. The van der Waals surface area contributed by atoms with Gasteiger partial charge in [-0.1, -0.05) is 23.7 Å². The molecule has 102 valence electrons. The lowest BCUT2D eigenvalue weighted by molar-refractivity contribution is 0.626.